The summed E-state index contributed by atoms with van der Waals surface area (Å²) in [7, 11) is 0. The van der Waals surface area contributed by atoms with E-state index >= 15 is 0 Å². The molecular weight excluding hydrogens is 299 g/mol. The molecule has 0 N–H and O–H groups in total. The number of hydrogen-bond acceptors (Lipinski definition) is 4. The summed E-state index contributed by atoms with van der Waals surface area (Å²) in [5, 5.41) is 0. The Morgan fingerprint density at radius 1 is 1.09 bits per heavy atom. The fraction of sp³-hybridized carbons (Fsp3) is 0.200. The minimum absolute atomic E-state index is 0.0345. The van der Waals surface area contributed by atoms with Gasteiger partial charge >= 0.3 is 6.36 Å². The van der Waals surface area contributed by atoms with Crippen LogP contribution in [0.3, 0.4) is 0 Å². The third-order valence-corrected chi connectivity index (χ3v) is 2.66. The zero-order valence-electron chi connectivity index (χ0n) is 11.6. The average molecular weight is 311 g/mol. The Hall–Kier alpha value is -2.57. The predicted octanol–water partition coefficient (Wildman–Crippen LogP) is 4.37. The number of hydrogen-bond donors (Lipinski definition) is 0. The molecule has 4 nitrogen and oxygen atoms in total. The maximum Gasteiger partial charge on any atom is 0.573 e. The standard InChI is InChI=1S/C15H12F3NO3/c1-2-13(20)10-3-8-14(19-9-10)21-11-4-6-12(7-5-11)22-15(16,17)18/h3-9H,2H2,1H3. The van der Waals surface area contributed by atoms with Gasteiger partial charge in [-0.05, 0) is 30.3 Å². The van der Waals surface area contributed by atoms with E-state index in [4.69, 9.17) is 4.74 Å². The summed E-state index contributed by atoms with van der Waals surface area (Å²) in [6.07, 6.45) is -2.96. The molecule has 0 atom stereocenters. The van der Waals surface area contributed by atoms with E-state index in [0.717, 1.165) is 12.1 Å². The van der Waals surface area contributed by atoms with Crippen molar-refractivity contribution < 1.29 is 27.4 Å². The van der Waals surface area contributed by atoms with Gasteiger partial charge in [0.25, 0.3) is 0 Å². The molecule has 2 rings (SSSR count). The van der Waals surface area contributed by atoms with Gasteiger partial charge in [0, 0.05) is 24.2 Å². The molecule has 0 saturated heterocycles. The molecule has 22 heavy (non-hydrogen) atoms. The Kier molecular flexibility index (Phi) is 4.65. The first-order valence-electron chi connectivity index (χ1n) is 6.40. The van der Waals surface area contributed by atoms with Crippen molar-refractivity contribution in [3.05, 3.63) is 48.2 Å². The van der Waals surface area contributed by atoms with Crippen molar-refractivity contribution in [1.29, 1.82) is 0 Å². The van der Waals surface area contributed by atoms with Gasteiger partial charge in [0.1, 0.15) is 11.5 Å². The predicted molar refractivity (Wildman–Crippen MR) is 72.1 cm³/mol. The molecule has 2 aromatic rings. The van der Waals surface area contributed by atoms with Crippen LogP contribution >= 0.6 is 0 Å². The van der Waals surface area contributed by atoms with Gasteiger partial charge in [0.15, 0.2) is 5.78 Å². The van der Waals surface area contributed by atoms with E-state index in [1.165, 1.54) is 24.4 Å². The number of benzene rings is 1. The highest BCUT2D eigenvalue weighted by Crippen LogP contribution is 2.26. The summed E-state index contributed by atoms with van der Waals surface area (Å²) in [4.78, 5) is 15.4. The van der Waals surface area contributed by atoms with E-state index in [2.05, 4.69) is 9.72 Å². The number of halogens is 3. The lowest BCUT2D eigenvalue weighted by molar-refractivity contribution is -0.274. The largest absolute Gasteiger partial charge is 0.573 e. The van der Waals surface area contributed by atoms with Crippen molar-refractivity contribution in [3.8, 4) is 17.4 Å². The molecule has 0 radical (unpaired) electrons. The zero-order valence-corrected chi connectivity index (χ0v) is 11.6. The molecule has 0 saturated carbocycles. The maximum absolute atomic E-state index is 12.0. The second-order valence-corrected chi connectivity index (χ2v) is 4.28. The molecule has 0 bridgehead atoms. The number of carbonyl (C=O) groups is 1. The van der Waals surface area contributed by atoms with E-state index in [-0.39, 0.29) is 17.4 Å². The minimum Gasteiger partial charge on any atom is -0.439 e. The normalized spacial score (nSPS) is 11.1. The van der Waals surface area contributed by atoms with Gasteiger partial charge in [0.2, 0.25) is 5.88 Å². The van der Waals surface area contributed by atoms with Crippen LogP contribution in [0.25, 0.3) is 0 Å². The monoisotopic (exact) mass is 311 g/mol. The highest BCUT2D eigenvalue weighted by molar-refractivity contribution is 5.95. The summed E-state index contributed by atoms with van der Waals surface area (Å²) >= 11 is 0. The molecule has 0 spiro atoms. The number of aromatic nitrogens is 1. The number of ketones is 1. The number of carbonyl (C=O) groups excluding carboxylic acids is 1. The van der Waals surface area contributed by atoms with Crippen LogP contribution in [0.2, 0.25) is 0 Å². The molecule has 1 aromatic heterocycles. The first-order valence-corrected chi connectivity index (χ1v) is 6.40. The molecule has 1 aromatic carbocycles. The first kappa shape index (κ1) is 15.8. The van der Waals surface area contributed by atoms with E-state index in [9.17, 15) is 18.0 Å². The lowest BCUT2D eigenvalue weighted by Gasteiger charge is -2.09. The summed E-state index contributed by atoms with van der Waals surface area (Å²) in [6, 6.07) is 8.02. The number of ether oxygens (including phenoxy) is 2. The molecule has 0 aliphatic carbocycles. The van der Waals surface area contributed by atoms with Crippen molar-refractivity contribution in [1.82, 2.24) is 4.98 Å². The van der Waals surface area contributed by atoms with Gasteiger partial charge in [-0.1, -0.05) is 6.92 Å². The van der Waals surface area contributed by atoms with Crippen LogP contribution in [0.4, 0.5) is 13.2 Å². The van der Waals surface area contributed by atoms with E-state index in [1.54, 1.807) is 13.0 Å². The molecule has 0 unspecified atom stereocenters. The number of rotatable bonds is 5. The van der Waals surface area contributed by atoms with Gasteiger partial charge in [-0.25, -0.2) is 4.98 Å². The summed E-state index contributed by atoms with van der Waals surface area (Å²) < 4.78 is 45.2. The Morgan fingerprint density at radius 3 is 2.23 bits per heavy atom. The number of nitrogens with zero attached hydrogens (tertiary/aromatic N) is 1. The fourth-order valence-electron chi connectivity index (χ4n) is 1.64. The van der Waals surface area contributed by atoms with Crippen LogP contribution in [0.1, 0.15) is 23.7 Å². The van der Waals surface area contributed by atoms with Crippen LogP contribution in [-0.2, 0) is 0 Å². The summed E-state index contributed by atoms with van der Waals surface area (Å²) in [5.74, 6) is 0.165. The highest BCUT2D eigenvalue weighted by Gasteiger charge is 2.30. The van der Waals surface area contributed by atoms with Crippen LogP contribution in [0.5, 0.6) is 17.4 Å². The van der Waals surface area contributed by atoms with Gasteiger partial charge in [0.05, 0.1) is 0 Å². The quantitative estimate of drug-likeness (QED) is 0.770. The van der Waals surface area contributed by atoms with Crippen molar-refractivity contribution in [2.45, 2.75) is 19.7 Å². The number of Topliss-reactive ketones (excluding diaryl/α,β-unsaturated/α-hetero) is 1. The van der Waals surface area contributed by atoms with Crippen molar-refractivity contribution in [3.63, 3.8) is 0 Å². The minimum atomic E-state index is -4.73. The van der Waals surface area contributed by atoms with Crippen LogP contribution in [-0.4, -0.2) is 17.1 Å². The topological polar surface area (TPSA) is 48.4 Å². The maximum atomic E-state index is 12.0. The molecular formula is C15H12F3NO3. The Morgan fingerprint density at radius 2 is 1.73 bits per heavy atom. The highest BCUT2D eigenvalue weighted by atomic mass is 19.4. The van der Waals surface area contributed by atoms with Crippen LogP contribution < -0.4 is 9.47 Å². The molecule has 0 aliphatic heterocycles. The fourth-order valence-corrected chi connectivity index (χ4v) is 1.64. The lowest BCUT2D eigenvalue weighted by atomic mass is 10.1. The van der Waals surface area contributed by atoms with Crippen molar-refractivity contribution in [2.24, 2.45) is 0 Å². The van der Waals surface area contributed by atoms with E-state index in [0.29, 0.717) is 17.7 Å². The Labute approximate surface area is 124 Å². The van der Waals surface area contributed by atoms with Crippen molar-refractivity contribution >= 4 is 5.78 Å². The Bertz CT molecular complexity index is 637. The first-order chi connectivity index (χ1) is 10.4. The SMILES string of the molecule is CCC(=O)c1ccc(Oc2ccc(OC(F)(F)F)cc2)nc1. The second kappa shape index (κ2) is 6.46. The molecule has 7 heteroatoms. The number of pyridine rings is 1. The second-order valence-electron chi connectivity index (χ2n) is 4.28. The van der Waals surface area contributed by atoms with Crippen LogP contribution in [0.15, 0.2) is 42.6 Å². The number of alkyl halides is 3. The smallest absolute Gasteiger partial charge is 0.439 e. The van der Waals surface area contributed by atoms with Gasteiger partial charge in [-0.2, -0.15) is 0 Å². The lowest BCUT2D eigenvalue weighted by Crippen LogP contribution is -2.16. The third-order valence-electron chi connectivity index (χ3n) is 2.66. The molecule has 116 valence electrons. The molecule has 1 heterocycles. The van der Waals surface area contributed by atoms with Gasteiger partial charge in [-0.15, -0.1) is 13.2 Å². The van der Waals surface area contributed by atoms with Crippen molar-refractivity contribution in [2.75, 3.05) is 0 Å². The molecule has 0 fully saturated rings. The summed E-state index contributed by atoms with van der Waals surface area (Å²) in [5.41, 5.74) is 0.476. The van der Waals surface area contributed by atoms with Crippen LogP contribution in [0, 0.1) is 0 Å². The zero-order chi connectivity index (χ0) is 16.2. The third kappa shape index (κ3) is 4.47. The molecule has 0 amide bonds. The summed E-state index contributed by atoms with van der Waals surface area (Å²) in [6.45, 7) is 1.75. The Balaban J connectivity index is 2.03. The van der Waals surface area contributed by atoms with Gasteiger partial charge < -0.3 is 9.47 Å². The van der Waals surface area contributed by atoms with Gasteiger partial charge in [-0.3, -0.25) is 4.79 Å². The average Bonchev–Trinajstić information content (AvgIpc) is 2.48. The van der Waals surface area contributed by atoms with E-state index < -0.39 is 6.36 Å². The van der Waals surface area contributed by atoms with E-state index in [1.807, 2.05) is 0 Å². The molecule has 0 aliphatic rings.